The number of nitrogens with zero attached hydrogens (tertiary/aromatic N) is 2. The molecule has 0 saturated carbocycles. The number of ether oxygens (including phenoxy) is 1. The molecule has 2 aromatic heterocycles. The number of carbonyl (C=O) groups is 2. The Morgan fingerprint density at radius 2 is 2.03 bits per heavy atom. The van der Waals surface area contributed by atoms with E-state index in [9.17, 15) is 18.0 Å². The zero-order valence-electron chi connectivity index (χ0n) is 18.5. The van der Waals surface area contributed by atoms with Crippen LogP contribution in [0, 0.1) is 11.8 Å². The molecule has 1 aliphatic heterocycles. The molecule has 0 aliphatic carbocycles. The minimum Gasteiger partial charge on any atom is -0.462 e. The van der Waals surface area contributed by atoms with Crippen LogP contribution in [-0.4, -0.2) is 49.3 Å². The van der Waals surface area contributed by atoms with E-state index in [1.165, 1.54) is 34.1 Å². The molecule has 3 heterocycles. The first kappa shape index (κ1) is 24.3. The molecule has 1 saturated heterocycles. The van der Waals surface area contributed by atoms with E-state index in [1.807, 2.05) is 5.38 Å². The molecule has 1 aliphatic rings. The van der Waals surface area contributed by atoms with Crippen LogP contribution in [0.3, 0.4) is 0 Å². The maximum absolute atomic E-state index is 12.9. The van der Waals surface area contributed by atoms with Crippen LogP contribution in [0.5, 0.6) is 0 Å². The Bertz CT molecular complexity index is 1040. The molecule has 0 atom stereocenters. The van der Waals surface area contributed by atoms with Crippen LogP contribution >= 0.6 is 11.3 Å². The number of thiophene rings is 1. The van der Waals surface area contributed by atoms with Gasteiger partial charge in [0, 0.05) is 31.4 Å². The predicted molar refractivity (Wildman–Crippen MR) is 123 cm³/mol. The molecule has 0 spiro atoms. The van der Waals surface area contributed by atoms with Gasteiger partial charge in [-0.1, -0.05) is 13.8 Å². The molecule has 1 amide bonds. The largest absolute Gasteiger partial charge is 0.462 e. The Kier molecular flexibility index (Phi) is 8.02. The number of esters is 1. The van der Waals surface area contributed by atoms with Gasteiger partial charge in [-0.2, -0.15) is 4.31 Å². The second-order valence-corrected chi connectivity index (χ2v) is 11.0. The summed E-state index contributed by atoms with van der Waals surface area (Å²) in [6.45, 7) is 6.65. The Morgan fingerprint density at radius 3 is 2.62 bits per heavy atom. The highest BCUT2D eigenvalue weighted by atomic mass is 32.2. The summed E-state index contributed by atoms with van der Waals surface area (Å²) < 4.78 is 32.1. The van der Waals surface area contributed by atoms with Gasteiger partial charge < -0.3 is 10.1 Å². The third-order valence-corrected chi connectivity index (χ3v) is 8.14. The average Bonchev–Trinajstić information content (AvgIpc) is 3.15. The SMILES string of the molecule is CCOC(=O)c1c(CC(C)C)csc1NC(=O)C1CCN(S(=O)(=O)c2cccnc2)CC1. The number of hydrogen-bond donors (Lipinski definition) is 1. The van der Waals surface area contributed by atoms with Gasteiger partial charge in [-0.05, 0) is 55.2 Å². The van der Waals surface area contributed by atoms with Crippen LogP contribution in [0.15, 0.2) is 34.8 Å². The summed E-state index contributed by atoms with van der Waals surface area (Å²) in [4.78, 5) is 29.5. The Labute approximate surface area is 193 Å². The normalized spacial score (nSPS) is 15.6. The van der Waals surface area contributed by atoms with E-state index in [-0.39, 0.29) is 36.4 Å². The van der Waals surface area contributed by atoms with Gasteiger partial charge in [0.15, 0.2) is 0 Å². The fourth-order valence-electron chi connectivity index (χ4n) is 3.72. The summed E-state index contributed by atoms with van der Waals surface area (Å²) >= 11 is 1.32. The number of nitrogens with one attached hydrogen (secondary N) is 1. The third-order valence-electron chi connectivity index (χ3n) is 5.31. The van der Waals surface area contributed by atoms with E-state index in [0.717, 1.165) is 5.56 Å². The first-order valence-corrected chi connectivity index (χ1v) is 13.0. The maximum Gasteiger partial charge on any atom is 0.341 e. The molecule has 174 valence electrons. The van der Waals surface area contributed by atoms with Gasteiger partial charge in [0.1, 0.15) is 9.90 Å². The van der Waals surface area contributed by atoms with Crippen molar-refractivity contribution in [3.05, 3.63) is 41.0 Å². The van der Waals surface area contributed by atoms with Crippen molar-refractivity contribution in [1.29, 1.82) is 0 Å². The van der Waals surface area contributed by atoms with Crippen molar-refractivity contribution in [3.8, 4) is 0 Å². The molecular weight excluding hydrogens is 450 g/mol. The lowest BCUT2D eigenvalue weighted by molar-refractivity contribution is -0.120. The monoisotopic (exact) mass is 479 g/mol. The van der Waals surface area contributed by atoms with Crippen LogP contribution in [0.4, 0.5) is 5.00 Å². The molecule has 10 heteroatoms. The number of anilines is 1. The number of rotatable bonds is 8. The van der Waals surface area contributed by atoms with Crippen molar-refractivity contribution >= 4 is 38.2 Å². The van der Waals surface area contributed by atoms with Crippen molar-refractivity contribution < 1.29 is 22.7 Å². The lowest BCUT2D eigenvalue weighted by atomic mass is 9.97. The average molecular weight is 480 g/mol. The molecule has 0 unspecified atom stereocenters. The first-order valence-electron chi connectivity index (χ1n) is 10.7. The number of piperidine rings is 1. The molecule has 0 aromatic carbocycles. The molecule has 3 rings (SSSR count). The van der Waals surface area contributed by atoms with Gasteiger partial charge >= 0.3 is 5.97 Å². The first-order chi connectivity index (χ1) is 15.2. The molecule has 1 fully saturated rings. The van der Waals surface area contributed by atoms with Crippen molar-refractivity contribution in [2.24, 2.45) is 11.8 Å². The second-order valence-electron chi connectivity index (χ2n) is 8.14. The number of pyridine rings is 1. The van der Waals surface area contributed by atoms with E-state index >= 15 is 0 Å². The molecule has 32 heavy (non-hydrogen) atoms. The van der Waals surface area contributed by atoms with Gasteiger partial charge in [-0.25, -0.2) is 13.2 Å². The molecule has 1 N–H and O–H groups in total. The molecule has 2 aromatic rings. The molecular formula is C22H29N3O5S2. The van der Waals surface area contributed by atoms with E-state index in [1.54, 1.807) is 13.0 Å². The molecule has 0 bridgehead atoms. The summed E-state index contributed by atoms with van der Waals surface area (Å²) in [5, 5.41) is 5.29. The summed E-state index contributed by atoms with van der Waals surface area (Å²) in [7, 11) is -3.62. The van der Waals surface area contributed by atoms with E-state index in [2.05, 4.69) is 24.1 Å². The quantitative estimate of drug-likeness (QED) is 0.581. The molecule has 0 radical (unpaired) electrons. The fraction of sp³-hybridized carbons (Fsp3) is 0.500. The van der Waals surface area contributed by atoms with Crippen molar-refractivity contribution in [2.75, 3.05) is 25.0 Å². The van der Waals surface area contributed by atoms with Crippen LogP contribution < -0.4 is 5.32 Å². The van der Waals surface area contributed by atoms with Crippen LogP contribution in [-0.2, 0) is 26.0 Å². The number of carbonyl (C=O) groups excluding carboxylic acids is 2. The van der Waals surface area contributed by atoms with Crippen LogP contribution in [0.1, 0.15) is 49.5 Å². The topological polar surface area (TPSA) is 106 Å². The van der Waals surface area contributed by atoms with Crippen LogP contribution in [0.25, 0.3) is 0 Å². The Hall–Kier alpha value is -2.30. The van der Waals surface area contributed by atoms with Crippen molar-refractivity contribution in [1.82, 2.24) is 9.29 Å². The van der Waals surface area contributed by atoms with Gasteiger partial charge in [-0.3, -0.25) is 9.78 Å². The highest BCUT2D eigenvalue weighted by molar-refractivity contribution is 7.89. The third kappa shape index (κ3) is 5.54. The zero-order chi connectivity index (χ0) is 23.3. The predicted octanol–water partition coefficient (Wildman–Crippen LogP) is 3.56. The fourth-order valence-corrected chi connectivity index (χ4v) is 6.12. The van der Waals surface area contributed by atoms with E-state index in [0.29, 0.717) is 35.7 Å². The van der Waals surface area contributed by atoms with Gasteiger partial charge in [0.2, 0.25) is 15.9 Å². The smallest absolute Gasteiger partial charge is 0.341 e. The minimum absolute atomic E-state index is 0.151. The second kappa shape index (κ2) is 10.5. The van der Waals surface area contributed by atoms with E-state index in [4.69, 9.17) is 4.74 Å². The van der Waals surface area contributed by atoms with Crippen molar-refractivity contribution in [2.45, 2.75) is 44.9 Å². The number of hydrogen-bond acceptors (Lipinski definition) is 7. The van der Waals surface area contributed by atoms with Gasteiger partial charge in [-0.15, -0.1) is 11.3 Å². The summed E-state index contributed by atoms with van der Waals surface area (Å²) in [5.41, 5.74) is 1.30. The lowest BCUT2D eigenvalue weighted by Gasteiger charge is -2.30. The minimum atomic E-state index is -3.62. The maximum atomic E-state index is 12.9. The summed E-state index contributed by atoms with van der Waals surface area (Å²) in [5.74, 6) is -0.613. The van der Waals surface area contributed by atoms with Crippen molar-refractivity contribution in [3.63, 3.8) is 0 Å². The number of aromatic nitrogens is 1. The lowest BCUT2D eigenvalue weighted by Crippen LogP contribution is -2.41. The number of amides is 1. The highest BCUT2D eigenvalue weighted by Gasteiger charge is 2.33. The zero-order valence-corrected chi connectivity index (χ0v) is 20.2. The van der Waals surface area contributed by atoms with Crippen LogP contribution in [0.2, 0.25) is 0 Å². The molecule has 8 nitrogen and oxygen atoms in total. The number of sulfonamides is 1. The Morgan fingerprint density at radius 1 is 1.31 bits per heavy atom. The van der Waals surface area contributed by atoms with Gasteiger partial charge in [0.25, 0.3) is 0 Å². The van der Waals surface area contributed by atoms with Gasteiger partial charge in [0.05, 0.1) is 12.2 Å². The van der Waals surface area contributed by atoms with E-state index < -0.39 is 16.0 Å². The highest BCUT2D eigenvalue weighted by Crippen LogP contribution is 2.32. The standard InChI is InChI=1S/C22H29N3O5S2/c1-4-30-22(27)19-17(12-15(2)3)14-31-21(19)24-20(26)16-7-10-25(11-8-16)32(28,29)18-6-5-9-23-13-18/h5-6,9,13-16H,4,7-8,10-12H2,1-3H3,(H,24,26). The summed E-state index contributed by atoms with van der Waals surface area (Å²) in [6.07, 6.45) is 4.38. The summed E-state index contributed by atoms with van der Waals surface area (Å²) in [6, 6.07) is 3.10. The Balaban J connectivity index is 1.68.